The lowest BCUT2D eigenvalue weighted by molar-refractivity contribution is 0.283. The third kappa shape index (κ3) is 3.77. The van der Waals surface area contributed by atoms with E-state index in [-0.39, 0.29) is 12.4 Å². The van der Waals surface area contributed by atoms with Gasteiger partial charge >= 0.3 is 0 Å². The number of methoxy groups -OCH3 is 1. The number of anilines is 2. The van der Waals surface area contributed by atoms with Crippen LogP contribution in [0.15, 0.2) is 12.1 Å². The quantitative estimate of drug-likeness (QED) is 0.579. The second-order valence-electron chi connectivity index (χ2n) is 4.25. The van der Waals surface area contributed by atoms with Crippen LogP contribution in [-0.2, 0) is 0 Å². The Morgan fingerprint density at radius 3 is 2.67 bits per heavy atom. The Hall–Kier alpha value is -1.49. The Kier molecular flexibility index (Phi) is 5.71. The molecule has 0 saturated carbocycles. The molecule has 0 aliphatic rings. The smallest absolute Gasteiger partial charge is 0.148 e. The standard InChI is InChI=1S/C13H21FN2O2/c1-16(6-4-3-5-7-17)12-9-13(18-2)11(15)8-10(12)14/h8-9,17H,3-7,15H2,1-2H3. The molecular weight excluding hydrogens is 235 g/mol. The average molecular weight is 256 g/mol. The van der Waals surface area contributed by atoms with E-state index >= 15 is 0 Å². The number of aliphatic hydroxyl groups is 1. The summed E-state index contributed by atoms with van der Waals surface area (Å²) in [6.45, 7) is 0.928. The first-order chi connectivity index (χ1) is 8.60. The normalized spacial score (nSPS) is 10.4. The number of nitrogens with zero attached hydrogens (tertiary/aromatic N) is 1. The van der Waals surface area contributed by atoms with Gasteiger partial charge in [-0.1, -0.05) is 0 Å². The third-order valence-electron chi connectivity index (χ3n) is 2.86. The van der Waals surface area contributed by atoms with Crippen LogP contribution in [-0.4, -0.2) is 32.4 Å². The highest BCUT2D eigenvalue weighted by Gasteiger charge is 2.11. The van der Waals surface area contributed by atoms with Gasteiger partial charge in [0.1, 0.15) is 11.6 Å². The van der Waals surface area contributed by atoms with Crippen LogP contribution >= 0.6 is 0 Å². The Balaban J connectivity index is 2.69. The van der Waals surface area contributed by atoms with Crippen molar-refractivity contribution >= 4 is 11.4 Å². The number of nitrogens with two attached hydrogens (primary N) is 1. The van der Waals surface area contributed by atoms with E-state index < -0.39 is 0 Å². The molecule has 3 N–H and O–H groups in total. The zero-order valence-corrected chi connectivity index (χ0v) is 10.9. The van der Waals surface area contributed by atoms with Gasteiger partial charge in [-0.15, -0.1) is 0 Å². The fourth-order valence-corrected chi connectivity index (χ4v) is 1.79. The van der Waals surface area contributed by atoms with Crippen LogP contribution in [0.25, 0.3) is 0 Å². The second kappa shape index (κ2) is 7.06. The van der Waals surface area contributed by atoms with Crippen molar-refractivity contribution < 1.29 is 14.2 Å². The van der Waals surface area contributed by atoms with Gasteiger partial charge in [0.05, 0.1) is 18.5 Å². The zero-order valence-electron chi connectivity index (χ0n) is 10.9. The Morgan fingerprint density at radius 1 is 1.33 bits per heavy atom. The van der Waals surface area contributed by atoms with Crippen LogP contribution in [0.1, 0.15) is 19.3 Å². The summed E-state index contributed by atoms with van der Waals surface area (Å²) >= 11 is 0. The predicted octanol–water partition coefficient (Wildman–Crippen LogP) is 2.02. The maximum absolute atomic E-state index is 13.8. The average Bonchev–Trinajstić information content (AvgIpc) is 2.34. The number of aliphatic hydroxyl groups excluding tert-OH is 1. The highest BCUT2D eigenvalue weighted by atomic mass is 19.1. The molecule has 4 nitrogen and oxygen atoms in total. The summed E-state index contributed by atoms with van der Waals surface area (Å²) in [7, 11) is 3.33. The molecule has 0 saturated heterocycles. The van der Waals surface area contributed by atoms with Gasteiger partial charge in [-0.25, -0.2) is 4.39 Å². The Bertz CT molecular complexity index is 385. The number of benzene rings is 1. The molecule has 1 aromatic rings. The SMILES string of the molecule is COc1cc(N(C)CCCCCO)c(F)cc1N. The molecule has 0 atom stereocenters. The molecule has 0 bridgehead atoms. The molecule has 5 heteroatoms. The van der Waals surface area contributed by atoms with Gasteiger partial charge in [0.2, 0.25) is 0 Å². The van der Waals surface area contributed by atoms with Gasteiger partial charge in [0.15, 0.2) is 0 Å². The molecule has 0 unspecified atom stereocenters. The van der Waals surface area contributed by atoms with Crippen molar-refractivity contribution in [3.05, 3.63) is 17.9 Å². The lowest BCUT2D eigenvalue weighted by Gasteiger charge is -2.21. The minimum Gasteiger partial charge on any atom is -0.495 e. The Labute approximate surface area is 107 Å². The molecule has 18 heavy (non-hydrogen) atoms. The maximum Gasteiger partial charge on any atom is 0.148 e. The van der Waals surface area contributed by atoms with Gasteiger partial charge in [0.25, 0.3) is 0 Å². The van der Waals surface area contributed by atoms with Gasteiger partial charge in [-0.3, -0.25) is 0 Å². The molecule has 0 aliphatic heterocycles. The molecule has 0 aromatic heterocycles. The second-order valence-corrected chi connectivity index (χ2v) is 4.25. The van der Waals surface area contributed by atoms with Crippen molar-refractivity contribution in [1.82, 2.24) is 0 Å². The Morgan fingerprint density at radius 2 is 2.06 bits per heavy atom. The molecule has 0 amide bonds. The van der Waals surface area contributed by atoms with Gasteiger partial charge in [-0.05, 0) is 19.3 Å². The minimum absolute atomic E-state index is 0.202. The van der Waals surface area contributed by atoms with Gasteiger partial charge in [-0.2, -0.15) is 0 Å². The number of hydrogen-bond donors (Lipinski definition) is 2. The largest absolute Gasteiger partial charge is 0.495 e. The van der Waals surface area contributed by atoms with Crippen LogP contribution < -0.4 is 15.4 Å². The zero-order chi connectivity index (χ0) is 13.5. The van der Waals surface area contributed by atoms with Crippen molar-refractivity contribution in [3.63, 3.8) is 0 Å². The summed E-state index contributed by atoms with van der Waals surface area (Å²) in [5, 5.41) is 8.69. The van der Waals surface area contributed by atoms with E-state index in [1.165, 1.54) is 13.2 Å². The number of nitrogen functional groups attached to an aromatic ring is 1. The van der Waals surface area contributed by atoms with Crippen LogP contribution in [0.2, 0.25) is 0 Å². The molecule has 1 rings (SSSR count). The van der Waals surface area contributed by atoms with E-state index in [2.05, 4.69) is 0 Å². The van der Waals surface area contributed by atoms with E-state index in [0.29, 0.717) is 17.1 Å². The van der Waals surface area contributed by atoms with E-state index in [1.807, 2.05) is 11.9 Å². The molecule has 1 aromatic carbocycles. The van der Waals surface area contributed by atoms with Crippen LogP contribution in [0, 0.1) is 5.82 Å². The molecular formula is C13H21FN2O2. The number of rotatable bonds is 7. The molecule has 0 heterocycles. The highest BCUT2D eigenvalue weighted by molar-refractivity contribution is 5.63. The molecule has 0 aliphatic carbocycles. The molecule has 0 spiro atoms. The van der Waals surface area contributed by atoms with Crippen LogP contribution in [0.5, 0.6) is 5.75 Å². The van der Waals surface area contributed by atoms with Crippen molar-refractivity contribution in [2.75, 3.05) is 37.9 Å². The summed E-state index contributed by atoms with van der Waals surface area (Å²) in [5.74, 6) is 0.131. The first-order valence-corrected chi connectivity index (χ1v) is 6.05. The van der Waals surface area contributed by atoms with Crippen molar-refractivity contribution in [2.45, 2.75) is 19.3 Å². The fraction of sp³-hybridized carbons (Fsp3) is 0.538. The number of hydrogen-bond acceptors (Lipinski definition) is 4. The summed E-state index contributed by atoms with van der Waals surface area (Å²) in [5.41, 5.74) is 6.40. The maximum atomic E-state index is 13.8. The first kappa shape index (κ1) is 14.6. The van der Waals surface area contributed by atoms with Crippen molar-refractivity contribution in [1.29, 1.82) is 0 Å². The predicted molar refractivity (Wildman–Crippen MR) is 71.6 cm³/mol. The summed E-state index contributed by atoms with van der Waals surface area (Å²) in [4.78, 5) is 1.83. The fourth-order valence-electron chi connectivity index (χ4n) is 1.79. The third-order valence-corrected chi connectivity index (χ3v) is 2.86. The van der Waals surface area contributed by atoms with E-state index in [9.17, 15) is 4.39 Å². The first-order valence-electron chi connectivity index (χ1n) is 6.05. The van der Waals surface area contributed by atoms with E-state index in [0.717, 1.165) is 25.8 Å². The van der Waals surface area contributed by atoms with Gasteiger partial charge < -0.3 is 20.5 Å². The van der Waals surface area contributed by atoms with E-state index in [1.54, 1.807) is 6.07 Å². The van der Waals surface area contributed by atoms with Gasteiger partial charge in [0, 0.05) is 32.3 Å². The lowest BCUT2D eigenvalue weighted by atomic mass is 10.2. The highest BCUT2D eigenvalue weighted by Crippen LogP contribution is 2.30. The van der Waals surface area contributed by atoms with E-state index in [4.69, 9.17) is 15.6 Å². The number of unbranched alkanes of at least 4 members (excludes halogenated alkanes) is 2. The summed E-state index contributed by atoms with van der Waals surface area (Å²) < 4.78 is 18.9. The number of ether oxygens (including phenoxy) is 1. The topological polar surface area (TPSA) is 58.7 Å². The van der Waals surface area contributed by atoms with Crippen LogP contribution in [0.3, 0.4) is 0 Å². The molecule has 102 valence electrons. The number of halogens is 1. The summed E-state index contributed by atoms with van der Waals surface area (Å²) in [6, 6.07) is 2.88. The summed E-state index contributed by atoms with van der Waals surface area (Å²) in [6.07, 6.45) is 2.61. The van der Waals surface area contributed by atoms with Crippen LogP contribution in [0.4, 0.5) is 15.8 Å². The molecule has 0 fully saturated rings. The van der Waals surface area contributed by atoms with Crippen molar-refractivity contribution in [2.24, 2.45) is 0 Å². The lowest BCUT2D eigenvalue weighted by Crippen LogP contribution is -2.20. The monoisotopic (exact) mass is 256 g/mol. The minimum atomic E-state index is -0.349. The molecule has 0 radical (unpaired) electrons. The van der Waals surface area contributed by atoms with Crippen molar-refractivity contribution in [3.8, 4) is 5.75 Å².